The van der Waals surface area contributed by atoms with Crippen LogP contribution < -0.4 is 4.74 Å². The number of hydrogen-bond acceptors (Lipinski definition) is 7. The zero-order chi connectivity index (χ0) is 19.4. The van der Waals surface area contributed by atoms with Crippen molar-refractivity contribution in [2.75, 3.05) is 26.5 Å². The highest BCUT2D eigenvalue weighted by Crippen LogP contribution is 2.25. The van der Waals surface area contributed by atoms with E-state index in [9.17, 15) is 13.2 Å². The Bertz CT molecular complexity index is 900. The molecule has 1 saturated heterocycles. The molecule has 0 radical (unpaired) electrons. The monoisotopic (exact) mass is 394 g/mol. The standard InChI is InChI=1S/C18H22N2O6S/c1-24-16-5-3-4-14(10-16)17-11-15(19-26-17)12-25-18(21)13-6-8-20(9-7-13)27(2,22)23/h3-5,10-11,13H,6-9,12H2,1-2H3. The molecule has 1 aliphatic heterocycles. The highest BCUT2D eigenvalue weighted by atomic mass is 32.2. The van der Waals surface area contributed by atoms with Crippen LogP contribution in [0.1, 0.15) is 18.5 Å². The highest BCUT2D eigenvalue weighted by molar-refractivity contribution is 7.88. The van der Waals surface area contributed by atoms with E-state index >= 15 is 0 Å². The first-order valence-electron chi connectivity index (χ1n) is 8.58. The Balaban J connectivity index is 1.53. The van der Waals surface area contributed by atoms with Crippen molar-refractivity contribution in [3.63, 3.8) is 0 Å². The maximum atomic E-state index is 12.2. The predicted octanol–water partition coefficient (Wildman–Crippen LogP) is 2.06. The van der Waals surface area contributed by atoms with Crippen molar-refractivity contribution in [3.05, 3.63) is 36.0 Å². The van der Waals surface area contributed by atoms with Gasteiger partial charge in [-0.2, -0.15) is 0 Å². The van der Waals surface area contributed by atoms with Crippen molar-refractivity contribution < 1.29 is 27.2 Å². The lowest BCUT2D eigenvalue weighted by molar-refractivity contribution is -0.151. The largest absolute Gasteiger partial charge is 0.497 e. The molecule has 1 aromatic heterocycles. The van der Waals surface area contributed by atoms with Crippen LogP contribution >= 0.6 is 0 Å². The number of sulfonamides is 1. The summed E-state index contributed by atoms with van der Waals surface area (Å²) in [6, 6.07) is 9.09. The summed E-state index contributed by atoms with van der Waals surface area (Å²) in [5, 5.41) is 3.93. The van der Waals surface area contributed by atoms with Gasteiger partial charge in [0.05, 0.1) is 19.3 Å². The molecule has 0 bridgehead atoms. The number of methoxy groups -OCH3 is 1. The second kappa shape index (κ2) is 8.10. The fourth-order valence-electron chi connectivity index (χ4n) is 2.98. The predicted molar refractivity (Wildman–Crippen MR) is 97.4 cm³/mol. The van der Waals surface area contributed by atoms with Crippen LogP contribution in [0.2, 0.25) is 0 Å². The molecule has 1 aliphatic rings. The number of rotatable bonds is 6. The van der Waals surface area contributed by atoms with Gasteiger partial charge in [-0.3, -0.25) is 4.79 Å². The van der Waals surface area contributed by atoms with Gasteiger partial charge >= 0.3 is 5.97 Å². The van der Waals surface area contributed by atoms with Crippen LogP contribution in [0.25, 0.3) is 11.3 Å². The zero-order valence-corrected chi connectivity index (χ0v) is 16.1. The normalized spacial score (nSPS) is 16.2. The van der Waals surface area contributed by atoms with Gasteiger partial charge in [-0.1, -0.05) is 17.3 Å². The van der Waals surface area contributed by atoms with Crippen LogP contribution in [0.5, 0.6) is 5.75 Å². The van der Waals surface area contributed by atoms with Crippen molar-refractivity contribution in [1.29, 1.82) is 0 Å². The molecule has 0 atom stereocenters. The van der Waals surface area contributed by atoms with E-state index in [2.05, 4.69) is 5.16 Å². The second-order valence-corrected chi connectivity index (χ2v) is 8.44. The summed E-state index contributed by atoms with van der Waals surface area (Å²) in [5.74, 6) is 0.626. The maximum Gasteiger partial charge on any atom is 0.309 e. The summed E-state index contributed by atoms with van der Waals surface area (Å²) in [7, 11) is -1.62. The van der Waals surface area contributed by atoms with Gasteiger partial charge in [-0.05, 0) is 25.0 Å². The summed E-state index contributed by atoms with van der Waals surface area (Å²) < 4.78 is 40.2. The average molecular weight is 394 g/mol. The molecule has 0 N–H and O–H groups in total. The molecule has 0 unspecified atom stereocenters. The molecule has 9 heteroatoms. The SMILES string of the molecule is COc1cccc(-c2cc(COC(=O)C3CCN(S(C)(=O)=O)CC3)no2)c1. The Hall–Kier alpha value is -2.39. The van der Waals surface area contributed by atoms with E-state index in [1.807, 2.05) is 24.3 Å². The molecule has 1 aromatic carbocycles. The number of ether oxygens (including phenoxy) is 2. The minimum atomic E-state index is -3.21. The Kier molecular flexibility index (Phi) is 5.81. The fourth-order valence-corrected chi connectivity index (χ4v) is 3.85. The van der Waals surface area contributed by atoms with E-state index < -0.39 is 10.0 Å². The van der Waals surface area contributed by atoms with Crippen molar-refractivity contribution in [3.8, 4) is 17.1 Å². The van der Waals surface area contributed by atoms with E-state index in [1.165, 1.54) is 10.6 Å². The molecule has 0 saturated carbocycles. The van der Waals surface area contributed by atoms with Gasteiger partial charge in [-0.25, -0.2) is 12.7 Å². The molecule has 0 amide bonds. The molecule has 3 rings (SSSR count). The van der Waals surface area contributed by atoms with Gasteiger partial charge in [0, 0.05) is 24.7 Å². The number of benzene rings is 1. The fraction of sp³-hybridized carbons (Fsp3) is 0.444. The molecule has 27 heavy (non-hydrogen) atoms. The number of aromatic nitrogens is 1. The topological polar surface area (TPSA) is 98.9 Å². The number of piperidine rings is 1. The quantitative estimate of drug-likeness (QED) is 0.692. The minimum absolute atomic E-state index is 0.0125. The molecular formula is C18H22N2O6S. The third-order valence-electron chi connectivity index (χ3n) is 4.53. The molecule has 2 aromatic rings. The zero-order valence-electron chi connectivity index (χ0n) is 15.3. The summed E-state index contributed by atoms with van der Waals surface area (Å²) in [6.45, 7) is 0.684. The minimum Gasteiger partial charge on any atom is -0.497 e. The van der Waals surface area contributed by atoms with E-state index in [4.69, 9.17) is 14.0 Å². The van der Waals surface area contributed by atoms with Gasteiger partial charge in [0.15, 0.2) is 5.76 Å². The van der Waals surface area contributed by atoms with Gasteiger partial charge < -0.3 is 14.0 Å². The van der Waals surface area contributed by atoms with Gasteiger partial charge in [0.1, 0.15) is 18.1 Å². The molecule has 8 nitrogen and oxygen atoms in total. The first kappa shape index (κ1) is 19.4. The lowest BCUT2D eigenvalue weighted by Gasteiger charge is -2.28. The first-order chi connectivity index (χ1) is 12.9. The smallest absolute Gasteiger partial charge is 0.309 e. The summed E-state index contributed by atoms with van der Waals surface area (Å²) in [5.41, 5.74) is 1.32. The Morgan fingerprint density at radius 3 is 2.70 bits per heavy atom. The van der Waals surface area contributed by atoms with Crippen LogP contribution in [0.15, 0.2) is 34.9 Å². The third-order valence-corrected chi connectivity index (χ3v) is 5.83. The van der Waals surface area contributed by atoms with Crippen LogP contribution in [0.4, 0.5) is 0 Å². The van der Waals surface area contributed by atoms with Crippen molar-refractivity contribution in [2.24, 2.45) is 5.92 Å². The Labute approximate surface area is 158 Å². The first-order valence-corrected chi connectivity index (χ1v) is 10.4. The van der Waals surface area contributed by atoms with Crippen molar-refractivity contribution in [2.45, 2.75) is 19.4 Å². The lowest BCUT2D eigenvalue weighted by Crippen LogP contribution is -2.40. The number of carbonyl (C=O) groups is 1. The van der Waals surface area contributed by atoms with Crippen LogP contribution in [0.3, 0.4) is 0 Å². The van der Waals surface area contributed by atoms with E-state index in [1.54, 1.807) is 13.2 Å². The average Bonchev–Trinajstić information content (AvgIpc) is 3.14. The molecule has 0 aliphatic carbocycles. The highest BCUT2D eigenvalue weighted by Gasteiger charge is 2.30. The van der Waals surface area contributed by atoms with Crippen LogP contribution in [-0.4, -0.2) is 50.3 Å². The molecule has 0 spiro atoms. The third kappa shape index (κ3) is 4.86. The van der Waals surface area contributed by atoms with Crippen molar-refractivity contribution >= 4 is 16.0 Å². The molecule has 146 valence electrons. The maximum absolute atomic E-state index is 12.2. The summed E-state index contributed by atoms with van der Waals surface area (Å²) >= 11 is 0. The number of nitrogens with zero attached hydrogens (tertiary/aromatic N) is 2. The Morgan fingerprint density at radius 1 is 1.30 bits per heavy atom. The second-order valence-electron chi connectivity index (χ2n) is 6.46. The lowest BCUT2D eigenvalue weighted by atomic mass is 9.98. The van der Waals surface area contributed by atoms with Gasteiger partial charge in [0.2, 0.25) is 10.0 Å². The van der Waals surface area contributed by atoms with Gasteiger partial charge in [0.25, 0.3) is 0 Å². The van der Waals surface area contributed by atoms with Crippen LogP contribution in [-0.2, 0) is 26.2 Å². The van der Waals surface area contributed by atoms with Crippen molar-refractivity contribution in [1.82, 2.24) is 9.46 Å². The van der Waals surface area contributed by atoms with Crippen LogP contribution in [0, 0.1) is 5.92 Å². The van der Waals surface area contributed by atoms with Gasteiger partial charge in [-0.15, -0.1) is 0 Å². The number of hydrogen-bond donors (Lipinski definition) is 0. The van der Waals surface area contributed by atoms with E-state index in [0.717, 1.165) is 5.56 Å². The number of esters is 1. The molecule has 2 heterocycles. The molecule has 1 fully saturated rings. The van der Waals surface area contributed by atoms with E-state index in [0.29, 0.717) is 43.1 Å². The Morgan fingerprint density at radius 2 is 2.04 bits per heavy atom. The molecular weight excluding hydrogens is 372 g/mol. The summed E-state index contributed by atoms with van der Waals surface area (Å²) in [4.78, 5) is 12.2. The number of carbonyl (C=O) groups excluding carboxylic acids is 1. The summed E-state index contributed by atoms with van der Waals surface area (Å²) in [6.07, 6.45) is 2.09. The van der Waals surface area contributed by atoms with E-state index in [-0.39, 0.29) is 18.5 Å².